The molecule has 9 heteroatoms. The lowest BCUT2D eigenvalue weighted by Gasteiger charge is -2.26. The molecular formula is C11H11ClFNO5S. The van der Waals surface area contributed by atoms with E-state index in [0.717, 1.165) is 10.4 Å². The third-order valence-electron chi connectivity index (χ3n) is 2.84. The van der Waals surface area contributed by atoms with Crippen LogP contribution in [0.1, 0.15) is 10.4 Å². The zero-order valence-electron chi connectivity index (χ0n) is 10.2. The molecule has 1 fully saturated rings. The molecule has 1 aliphatic rings. The normalized spacial score (nSPS) is 17.1. The number of carbonyl (C=O) groups is 1. The molecule has 1 heterocycles. The van der Waals surface area contributed by atoms with Crippen molar-refractivity contribution in [3.63, 3.8) is 0 Å². The molecule has 0 aliphatic carbocycles. The Balaban J connectivity index is 2.50. The average molecular weight is 324 g/mol. The fourth-order valence-corrected chi connectivity index (χ4v) is 3.53. The highest BCUT2D eigenvalue weighted by atomic mass is 35.5. The van der Waals surface area contributed by atoms with E-state index in [0.29, 0.717) is 6.07 Å². The van der Waals surface area contributed by atoms with Gasteiger partial charge in [0.2, 0.25) is 10.0 Å². The number of halogens is 2. The van der Waals surface area contributed by atoms with E-state index in [-0.39, 0.29) is 31.3 Å². The minimum atomic E-state index is -4.11. The van der Waals surface area contributed by atoms with Crippen LogP contribution < -0.4 is 0 Å². The van der Waals surface area contributed by atoms with Gasteiger partial charge in [-0.05, 0) is 12.1 Å². The molecule has 110 valence electrons. The monoisotopic (exact) mass is 323 g/mol. The van der Waals surface area contributed by atoms with Crippen LogP contribution in [-0.4, -0.2) is 50.1 Å². The maximum atomic E-state index is 13.8. The number of ether oxygens (including phenoxy) is 1. The SMILES string of the molecule is O=C(O)c1cc(S(=O)(=O)N2CCOCC2)c(F)cc1Cl. The van der Waals surface area contributed by atoms with Crippen LogP contribution in [0.5, 0.6) is 0 Å². The highest BCUT2D eigenvalue weighted by molar-refractivity contribution is 7.89. The lowest BCUT2D eigenvalue weighted by molar-refractivity contribution is 0.0696. The zero-order chi connectivity index (χ0) is 14.9. The number of nitrogens with zero attached hydrogens (tertiary/aromatic N) is 1. The van der Waals surface area contributed by atoms with Crippen LogP contribution in [0, 0.1) is 5.82 Å². The molecule has 1 aliphatic heterocycles. The van der Waals surface area contributed by atoms with Gasteiger partial charge >= 0.3 is 5.97 Å². The highest BCUT2D eigenvalue weighted by Gasteiger charge is 2.30. The first kappa shape index (κ1) is 15.2. The summed E-state index contributed by atoms with van der Waals surface area (Å²) in [6.45, 7) is 0.597. The van der Waals surface area contributed by atoms with Crippen molar-refractivity contribution >= 4 is 27.6 Å². The number of sulfonamides is 1. The fourth-order valence-electron chi connectivity index (χ4n) is 1.82. The second-order valence-electron chi connectivity index (χ2n) is 4.08. The molecule has 1 N–H and O–H groups in total. The molecule has 0 saturated carbocycles. The van der Waals surface area contributed by atoms with Crippen molar-refractivity contribution in [2.75, 3.05) is 26.3 Å². The minimum Gasteiger partial charge on any atom is -0.478 e. The molecule has 20 heavy (non-hydrogen) atoms. The smallest absolute Gasteiger partial charge is 0.337 e. The summed E-state index contributed by atoms with van der Waals surface area (Å²) in [7, 11) is -4.11. The number of aromatic carboxylic acids is 1. The molecule has 0 radical (unpaired) electrons. The molecule has 1 saturated heterocycles. The Morgan fingerprint density at radius 3 is 2.50 bits per heavy atom. The second kappa shape index (κ2) is 5.65. The molecule has 0 unspecified atom stereocenters. The van der Waals surface area contributed by atoms with Crippen molar-refractivity contribution < 1.29 is 27.4 Å². The summed E-state index contributed by atoms with van der Waals surface area (Å²) in [6.07, 6.45) is 0. The van der Waals surface area contributed by atoms with Crippen LogP contribution in [0.4, 0.5) is 4.39 Å². The number of morpholine rings is 1. The predicted molar refractivity (Wildman–Crippen MR) is 67.9 cm³/mol. The van der Waals surface area contributed by atoms with Gasteiger partial charge in [0.25, 0.3) is 0 Å². The Kier molecular flexibility index (Phi) is 4.28. The first-order valence-corrected chi connectivity index (χ1v) is 7.46. The summed E-state index contributed by atoms with van der Waals surface area (Å²) >= 11 is 5.58. The minimum absolute atomic E-state index is 0.0901. The predicted octanol–water partition coefficient (Wildman–Crippen LogP) is 1.20. The van der Waals surface area contributed by atoms with Crippen molar-refractivity contribution in [2.45, 2.75) is 4.90 Å². The highest BCUT2D eigenvalue weighted by Crippen LogP contribution is 2.26. The van der Waals surface area contributed by atoms with E-state index >= 15 is 0 Å². The summed E-state index contributed by atoms with van der Waals surface area (Å²) in [4.78, 5) is 10.3. The molecule has 0 atom stereocenters. The van der Waals surface area contributed by atoms with Gasteiger partial charge in [-0.15, -0.1) is 0 Å². The maximum absolute atomic E-state index is 13.8. The number of hydrogen-bond acceptors (Lipinski definition) is 4. The van der Waals surface area contributed by atoms with Crippen molar-refractivity contribution in [1.82, 2.24) is 4.31 Å². The van der Waals surface area contributed by atoms with Gasteiger partial charge in [0.05, 0.1) is 23.8 Å². The Morgan fingerprint density at radius 2 is 1.95 bits per heavy atom. The molecule has 1 aromatic carbocycles. The lowest BCUT2D eigenvalue weighted by atomic mass is 10.2. The Bertz CT molecular complexity index is 642. The summed E-state index contributed by atoms with van der Waals surface area (Å²) in [5, 5.41) is 8.57. The first-order valence-electron chi connectivity index (χ1n) is 5.64. The third-order valence-corrected chi connectivity index (χ3v) is 5.07. The van der Waals surface area contributed by atoms with Crippen LogP contribution in [-0.2, 0) is 14.8 Å². The number of carboxylic acid groups (broad SMARTS) is 1. The molecule has 0 spiro atoms. The zero-order valence-corrected chi connectivity index (χ0v) is 11.7. The van der Waals surface area contributed by atoms with E-state index in [1.165, 1.54) is 0 Å². The first-order chi connectivity index (χ1) is 9.34. The van der Waals surface area contributed by atoms with Gasteiger partial charge in [0.15, 0.2) is 0 Å². The molecular weight excluding hydrogens is 313 g/mol. The quantitative estimate of drug-likeness (QED) is 0.903. The van der Waals surface area contributed by atoms with E-state index in [2.05, 4.69) is 0 Å². The van der Waals surface area contributed by atoms with Gasteiger partial charge in [-0.25, -0.2) is 17.6 Å². The fraction of sp³-hybridized carbons (Fsp3) is 0.364. The molecule has 6 nitrogen and oxygen atoms in total. The summed E-state index contributed by atoms with van der Waals surface area (Å²) in [6, 6.07) is 1.43. The van der Waals surface area contributed by atoms with Gasteiger partial charge in [0.1, 0.15) is 10.7 Å². The maximum Gasteiger partial charge on any atom is 0.337 e. The van der Waals surface area contributed by atoms with Crippen LogP contribution in [0.25, 0.3) is 0 Å². The summed E-state index contributed by atoms with van der Waals surface area (Å²) < 4.78 is 44.5. The Morgan fingerprint density at radius 1 is 1.35 bits per heavy atom. The molecule has 0 bridgehead atoms. The number of rotatable bonds is 3. The Labute approximate surface area is 119 Å². The lowest BCUT2D eigenvalue weighted by Crippen LogP contribution is -2.41. The van der Waals surface area contributed by atoms with Gasteiger partial charge in [-0.3, -0.25) is 0 Å². The van der Waals surface area contributed by atoms with Crippen LogP contribution >= 0.6 is 11.6 Å². The van der Waals surface area contributed by atoms with Crippen molar-refractivity contribution in [3.05, 3.63) is 28.5 Å². The van der Waals surface area contributed by atoms with E-state index in [1.807, 2.05) is 0 Å². The van der Waals surface area contributed by atoms with Gasteiger partial charge in [0, 0.05) is 13.1 Å². The largest absolute Gasteiger partial charge is 0.478 e. The average Bonchev–Trinajstić information content (AvgIpc) is 2.39. The van der Waals surface area contributed by atoms with Crippen LogP contribution in [0.15, 0.2) is 17.0 Å². The third kappa shape index (κ3) is 2.78. The summed E-state index contributed by atoms with van der Waals surface area (Å²) in [5.41, 5.74) is -0.458. The standard InChI is InChI=1S/C11H11ClFNO5S/c12-8-6-9(13)10(5-7(8)11(15)16)20(17,18)14-1-3-19-4-2-14/h5-6H,1-4H2,(H,15,16). The molecule has 0 amide bonds. The van der Waals surface area contributed by atoms with Crippen molar-refractivity contribution in [2.24, 2.45) is 0 Å². The van der Waals surface area contributed by atoms with Gasteiger partial charge in [-0.1, -0.05) is 11.6 Å². The van der Waals surface area contributed by atoms with Gasteiger partial charge < -0.3 is 9.84 Å². The summed E-state index contributed by atoms with van der Waals surface area (Å²) in [5.74, 6) is -2.50. The van der Waals surface area contributed by atoms with E-state index < -0.39 is 32.3 Å². The molecule has 1 aromatic rings. The molecule has 2 rings (SSSR count). The second-order valence-corrected chi connectivity index (χ2v) is 6.40. The van der Waals surface area contributed by atoms with Crippen molar-refractivity contribution in [1.29, 1.82) is 0 Å². The molecule has 0 aromatic heterocycles. The van der Waals surface area contributed by atoms with E-state index in [9.17, 15) is 17.6 Å². The van der Waals surface area contributed by atoms with Crippen LogP contribution in [0.2, 0.25) is 5.02 Å². The van der Waals surface area contributed by atoms with Gasteiger partial charge in [-0.2, -0.15) is 4.31 Å². The number of carboxylic acids is 1. The van der Waals surface area contributed by atoms with Crippen molar-refractivity contribution in [3.8, 4) is 0 Å². The van der Waals surface area contributed by atoms with E-state index in [4.69, 9.17) is 21.4 Å². The Hall–Kier alpha value is -1.22. The topological polar surface area (TPSA) is 83.9 Å². The number of benzene rings is 1. The van der Waals surface area contributed by atoms with Crippen LogP contribution in [0.3, 0.4) is 0 Å². The number of hydrogen-bond donors (Lipinski definition) is 1. The van der Waals surface area contributed by atoms with E-state index in [1.54, 1.807) is 0 Å².